The molecule has 18 heavy (non-hydrogen) atoms. The number of carbonyl (C=O) groups is 1. The minimum absolute atomic E-state index is 0.384. The first-order chi connectivity index (χ1) is 8.63. The van der Waals surface area contributed by atoms with Gasteiger partial charge in [-0.05, 0) is 0 Å². The Kier molecular flexibility index (Phi) is 2.09. The van der Waals surface area contributed by atoms with Gasteiger partial charge in [0, 0.05) is 0 Å². The second-order valence-corrected chi connectivity index (χ2v) is 3.93. The quantitative estimate of drug-likeness (QED) is 0.736. The molecule has 2 aliphatic heterocycles. The van der Waals surface area contributed by atoms with Crippen LogP contribution >= 0.6 is 0 Å². The zero-order chi connectivity index (χ0) is 12.9. The van der Waals surface area contributed by atoms with E-state index in [0.29, 0.717) is 15.9 Å². The predicted octanol–water partition coefficient (Wildman–Crippen LogP) is 0.450. The number of fused-ring (bicyclic) bond motifs is 5. The summed E-state index contributed by atoms with van der Waals surface area (Å²) in [5.74, 6) is -1.63. The topological polar surface area (TPSA) is 105 Å². The summed E-state index contributed by atoms with van der Waals surface area (Å²) >= 11 is 0. The van der Waals surface area contributed by atoms with Crippen molar-refractivity contribution in [3.63, 3.8) is 0 Å². The summed E-state index contributed by atoms with van der Waals surface area (Å²) in [7, 11) is 0. The summed E-state index contributed by atoms with van der Waals surface area (Å²) in [6.45, 7) is 0. The Hall–Kier alpha value is -2.46. The minimum Gasteiger partial charge on any atom is -0.492 e. The van der Waals surface area contributed by atoms with E-state index in [-0.39, 0.29) is 11.8 Å². The highest BCUT2D eigenvalue weighted by atomic mass is 16.7. The molecule has 2 bridgehead atoms. The smallest absolute Gasteiger partial charge is 0.347 e. The standard InChI is InChI=1S/C11H8N2O5/c12-4-3-7(14)18-13-10(15)8-5-1-2-6(17-5)9(8)11(13)16/h1-2,5-6,15-16H,3H2/t5-,6+. The molecule has 2 N–H and O–H groups in total. The fraction of sp³-hybridized carbons (Fsp3) is 0.273. The van der Waals surface area contributed by atoms with Crippen molar-refractivity contribution in [2.45, 2.75) is 18.6 Å². The molecule has 3 rings (SSSR count). The fourth-order valence-corrected chi connectivity index (χ4v) is 2.19. The molecule has 0 saturated carbocycles. The SMILES string of the molecule is N#CCC(=O)On1c(O)c2c(c1O)[C@H]1C=C[C@@H]2O1. The van der Waals surface area contributed by atoms with Gasteiger partial charge < -0.3 is 19.8 Å². The van der Waals surface area contributed by atoms with Crippen molar-refractivity contribution >= 4 is 5.97 Å². The number of carbonyl (C=O) groups excluding carboxylic acids is 1. The second kappa shape index (κ2) is 3.51. The number of nitriles is 1. The van der Waals surface area contributed by atoms with Crippen LogP contribution in [-0.2, 0) is 9.53 Å². The summed E-state index contributed by atoms with van der Waals surface area (Å²) in [5, 5.41) is 28.1. The molecule has 0 fully saturated rings. The first kappa shape index (κ1) is 10.7. The van der Waals surface area contributed by atoms with E-state index in [4.69, 9.17) is 14.8 Å². The van der Waals surface area contributed by atoms with E-state index in [1.54, 1.807) is 18.2 Å². The molecule has 7 heteroatoms. The second-order valence-electron chi connectivity index (χ2n) is 3.93. The van der Waals surface area contributed by atoms with Crippen LogP contribution in [0.3, 0.4) is 0 Å². The molecule has 0 amide bonds. The van der Waals surface area contributed by atoms with Crippen LogP contribution in [0.15, 0.2) is 12.2 Å². The largest absolute Gasteiger partial charge is 0.492 e. The van der Waals surface area contributed by atoms with Gasteiger partial charge in [-0.2, -0.15) is 5.26 Å². The maximum Gasteiger partial charge on any atom is 0.347 e. The third-order valence-electron chi connectivity index (χ3n) is 2.90. The van der Waals surface area contributed by atoms with Crippen LogP contribution in [0.2, 0.25) is 0 Å². The number of aromatic hydroxyl groups is 2. The van der Waals surface area contributed by atoms with E-state index in [1.165, 1.54) is 0 Å². The number of hydrogen-bond donors (Lipinski definition) is 2. The van der Waals surface area contributed by atoms with E-state index in [1.807, 2.05) is 0 Å². The Bertz CT molecular complexity index is 574. The van der Waals surface area contributed by atoms with E-state index < -0.39 is 24.6 Å². The highest BCUT2D eigenvalue weighted by molar-refractivity contribution is 5.72. The minimum atomic E-state index is -0.863. The molecule has 0 saturated heterocycles. The van der Waals surface area contributed by atoms with Crippen LogP contribution in [-0.4, -0.2) is 20.9 Å². The van der Waals surface area contributed by atoms with Crippen molar-refractivity contribution in [1.82, 2.24) is 4.73 Å². The van der Waals surface area contributed by atoms with Crippen LogP contribution in [0.4, 0.5) is 0 Å². The van der Waals surface area contributed by atoms with Gasteiger partial charge in [0.1, 0.15) is 18.6 Å². The summed E-state index contributed by atoms with van der Waals surface area (Å²) in [6.07, 6.45) is 2.14. The highest BCUT2D eigenvalue weighted by Gasteiger charge is 2.43. The molecule has 0 unspecified atom stereocenters. The van der Waals surface area contributed by atoms with Gasteiger partial charge in [-0.25, -0.2) is 4.79 Å². The molecule has 2 aliphatic rings. The van der Waals surface area contributed by atoms with Crippen molar-refractivity contribution in [3.8, 4) is 17.8 Å². The Morgan fingerprint density at radius 2 is 1.94 bits per heavy atom. The lowest BCUT2D eigenvalue weighted by Crippen LogP contribution is -2.18. The van der Waals surface area contributed by atoms with Gasteiger partial charge >= 0.3 is 5.97 Å². The molecule has 7 nitrogen and oxygen atoms in total. The van der Waals surface area contributed by atoms with Crippen LogP contribution in [0.1, 0.15) is 29.8 Å². The Labute approximate surface area is 101 Å². The summed E-state index contributed by atoms with van der Waals surface area (Å²) in [5.41, 5.74) is 0.787. The first-order valence-corrected chi connectivity index (χ1v) is 5.21. The van der Waals surface area contributed by atoms with Crippen molar-refractivity contribution in [1.29, 1.82) is 5.26 Å². The summed E-state index contributed by atoms with van der Waals surface area (Å²) in [6, 6.07) is 1.62. The fourth-order valence-electron chi connectivity index (χ4n) is 2.19. The predicted molar refractivity (Wildman–Crippen MR) is 55.3 cm³/mol. The van der Waals surface area contributed by atoms with Gasteiger partial charge in [0.25, 0.3) is 0 Å². The number of rotatable bonds is 2. The van der Waals surface area contributed by atoms with E-state index in [2.05, 4.69) is 0 Å². The van der Waals surface area contributed by atoms with E-state index in [0.717, 1.165) is 0 Å². The number of hydrogen-bond acceptors (Lipinski definition) is 6. The van der Waals surface area contributed by atoms with Gasteiger partial charge in [0.15, 0.2) is 0 Å². The zero-order valence-corrected chi connectivity index (χ0v) is 9.03. The maximum absolute atomic E-state index is 11.2. The number of ether oxygens (including phenoxy) is 1. The van der Waals surface area contributed by atoms with Crippen LogP contribution in [0, 0.1) is 11.3 Å². The average molecular weight is 248 g/mol. The number of aromatic nitrogens is 1. The molecule has 92 valence electrons. The molecule has 0 spiro atoms. The Morgan fingerprint density at radius 3 is 2.44 bits per heavy atom. The lowest BCUT2D eigenvalue weighted by molar-refractivity contribution is -0.144. The molecule has 0 radical (unpaired) electrons. The molecule has 0 aromatic carbocycles. The summed E-state index contributed by atoms with van der Waals surface area (Å²) in [4.78, 5) is 15.9. The first-order valence-electron chi connectivity index (χ1n) is 5.21. The van der Waals surface area contributed by atoms with Crippen LogP contribution in [0.5, 0.6) is 11.8 Å². The van der Waals surface area contributed by atoms with Crippen LogP contribution in [0.25, 0.3) is 0 Å². The zero-order valence-electron chi connectivity index (χ0n) is 9.03. The molecular formula is C11H8N2O5. The lowest BCUT2D eigenvalue weighted by Gasteiger charge is -2.08. The van der Waals surface area contributed by atoms with Gasteiger partial charge in [0.05, 0.1) is 17.2 Å². The Morgan fingerprint density at radius 1 is 1.39 bits per heavy atom. The highest BCUT2D eigenvalue weighted by Crippen LogP contribution is 2.54. The van der Waals surface area contributed by atoms with Crippen molar-refractivity contribution in [2.75, 3.05) is 0 Å². The average Bonchev–Trinajstić information content (AvgIpc) is 2.99. The molecule has 0 aliphatic carbocycles. The molecule has 3 heterocycles. The van der Waals surface area contributed by atoms with Crippen molar-refractivity contribution < 1.29 is 24.6 Å². The van der Waals surface area contributed by atoms with Gasteiger partial charge in [-0.3, -0.25) is 0 Å². The van der Waals surface area contributed by atoms with Gasteiger partial charge in [-0.1, -0.05) is 12.2 Å². The molecule has 1 aromatic heterocycles. The van der Waals surface area contributed by atoms with Crippen molar-refractivity contribution in [3.05, 3.63) is 23.3 Å². The number of nitrogens with zero attached hydrogens (tertiary/aromatic N) is 2. The maximum atomic E-state index is 11.2. The van der Waals surface area contributed by atoms with Gasteiger partial charge in [0.2, 0.25) is 11.8 Å². The van der Waals surface area contributed by atoms with Crippen LogP contribution < -0.4 is 4.84 Å². The third-order valence-corrected chi connectivity index (χ3v) is 2.90. The summed E-state index contributed by atoms with van der Waals surface area (Å²) < 4.78 is 6.04. The third kappa shape index (κ3) is 1.23. The molecule has 2 atom stereocenters. The van der Waals surface area contributed by atoms with E-state index >= 15 is 0 Å². The lowest BCUT2D eigenvalue weighted by atomic mass is 10.0. The normalized spacial score (nSPS) is 22.8. The van der Waals surface area contributed by atoms with Gasteiger partial charge in [-0.15, -0.1) is 4.73 Å². The monoisotopic (exact) mass is 248 g/mol. The molecule has 1 aromatic rings. The van der Waals surface area contributed by atoms with Crippen molar-refractivity contribution in [2.24, 2.45) is 0 Å². The Balaban J connectivity index is 1.99. The molecular weight excluding hydrogens is 240 g/mol. The van der Waals surface area contributed by atoms with E-state index in [9.17, 15) is 15.0 Å².